The Bertz CT molecular complexity index is 477. The summed E-state index contributed by atoms with van der Waals surface area (Å²) in [4.78, 5) is 4.10. The average Bonchev–Trinajstić information content (AvgIpc) is 2.28. The van der Waals surface area contributed by atoms with Crippen molar-refractivity contribution in [2.75, 3.05) is 6.61 Å². The molecule has 0 aliphatic carbocycles. The third kappa shape index (κ3) is 1.85. The topological polar surface area (TPSA) is 33.1 Å². The van der Waals surface area contributed by atoms with Crippen molar-refractivity contribution in [2.45, 2.75) is 19.3 Å². The van der Waals surface area contributed by atoms with E-state index in [1.165, 1.54) is 5.39 Å². The van der Waals surface area contributed by atoms with E-state index in [1.54, 1.807) is 6.20 Å². The summed E-state index contributed by atoms with van der Waals surface area (Å²) < 4.78 is 0. The third-order valence-corrected chi connectivity index (χ3v) is 2.82. The highest BCUT2D eigenvalue weighted by Gasteiger charge is 2.19. The summed E-state index contributed by atoms with van der Waals surface area (Å²) in [5.74, 6) is 0. The molecule has 0 saturated carbocycles. The molecule has 1 aromatic heterocycles. The second-order valence-corrected chi connectivity index (χ2v) is 4.48. The summed E-state index contributed by atoms with van der Waals surface area (Å²) in [6.45, 7) is 4.22. The Morgan fingerprint density at radius 3 is 2.73 bits per heavy atom. The number of benzene rings is 1. The fourth-order valence-corrected chi connectivity index (χ4v) is 1.60. The van der Waals surface area contributed by atoms with Crippen molar-refractivity contribution in [1.82, 2.24) is 4.98 Å². The van der Waals surface area contributed by atoms with Gasteiger partial charge in [-0.25, -0.2) is 0 Å². The van der Waals surface area contributed by atoms with Crippen LogP contribution in [0.15, 0.2) is 36.7 Å². The van der Waals surface area contributed by atoms with Crippen molar-refractivity contribution in [3.05, 3.63) is 42.2 Å². The molecule has 0 atom stereocenters. The van der Waals surface area contributed by atoms with Crippen LogP contribution in [0.1, 0.15) is 19.4 Å². The van der Waals surface area contributed by atoms with Crippen molar-refractivity contribution in [3.8, 4) is 0 Å². The number of fused-ring (bicyclic) bond motifs is 1. The minimum atomic E-state index is -0.190. The average molecular weight is 201 g/mol. The first-order chi connectivity index (χ1) is 7.13. The number of nitrogens with zero attached hydrogens (tertiary/aromatic N) is 1. The molecule has 2 aromatic rings. The second kappa shape index (κ2) is 3.63. The predicted molar refractivity (Wildman–Crippen MR) is 61.9 cm³/mol. The Balaban J connectivity index is 2.56. The lowest BCUT2D eigenvalue weighted by Crippen LogP contribution is -2.21. The molecule has 15 heavy (non-hydrogen) atoms. The van der Waals surface area contributed by atoms with Crippen LogP contribution in [0.3, 0.4) is 0 Å². The normalized spacial score (nSPS) is 11.9. The maximum atomic E-state index is 9.30. The highest BCUT2D eigenvalue weighted by Crippen LogP contribution is 2.25. The molecule has 2 nitrogen and oxygen atoms in total. The quantitative estimate of drug-likeness (QED) is 0.809. The number of aliphatic hydroxyl groups excluding tert-OH is 1. The molecule has 0 bridgehead atoms. The van der Waals surface area contributed by atoms with E-state index in [0.717, 1.165) is 10.9 Å². The van der Waals surface area contributed by atoms with E-state index < -0.39 is 0 Å². The van der Waals surface area contributed by atoms with Crippen LogP contribution in [0.4, 0.5) is 0 Å². The summed E-state index contributed by atoms with van der Waals surface area (Å²) in [5.41, 5.74) is 0.954. The van der Waals surface area contributed by atoms with Crippen LogP contribution in [0.2, 0.25) is 0 Å². The smallest absolute Gasteiger partial charge is 0.0522 e. The molecule has 0 unspecified atom stereocenters. The molecule has 1 heterocycles. The van der Waals surface area contributed by atoms with Crippen molar-refractivity contribution in [3.63, 3.8) is 0 Å². The molecule has 0 fully saturated rings. The summed E-state index contributed by atoms with van der Waals surface area (Å²) >= 11 is 0. The van der Waals surface area contributed by atoms with Gasteiger partial charge >= 0.3 is 0 Å². The second-order valence-electron chi connectivity index (χ2n) is 4.48. The van der Waals surface area contributed by atoms with Crippen molar-refractivity contribution in [2.24, 2.45) is 0 Å². The Hall–Kier alpha value is -1.41. The zero-order valence-corrected chi connectivity index (χ0v) is 9.07. The Labute approximate surface area is 89.6 Å². The van der Waals surface area contributed by atoms with E-state index in [-0.39, 0.29) is 12.0 Å². The lowest BCUT2D eigenvalue weighted by molar-refractivity contribution is 0.218. The lowest BCUT2D eigenvalue weighted by Gasteiger charge is -2.22. The molecule has 1 N–H and O–H groups in total. The molecular formula is C13H15NO. The fourth-order valence-electron chi connectivity index (χ4n) is 1.60. The van der Waals surface area contributed by atoms with E-state index in [0.29, 0.717) is 0 Å². The van der Waals surface area contributed by atoms with Gasteiger partial charge in [-0.15, -0.1) is 0 Å². The van der Waals surface area contributed by atoms with Crippen LogP contribution < -0.4 is 0 Å². The van der Waals surface area contributed by atoms with E-state index in [1.807, 2.05) is 26.1 Å². The van der Waals surface area contributed by atoms with Crippen LogP contribution in [-0.2, 0) is 5.41 Å². The largest absolute Gasteiger partial charge is 0.395 e. The Kier molecular flexibility index (Phi) is 2.45. The number of hydrogen-bond acceptors (Lipinski definition) is 2. The molecule has 0 amide bonds. The molecule has 0 saturated heterocycles. The minimum Gasteiger partial charge on any atom is -0.395 e. The van der Waals surface area contributed by atoms with Gasteiger partial charge < -0.3 is 5.11 Å². The first-order valence-electron chi connectivity index (χ1n) is 5.08. The SMILES string of the molecule is CC(C)(CO)c1ccc2ccncc2c1. The molecular weight excluding hydrogens is 186 g/mol. The van der Waals surface area contributed by atoms with Crippen LogP contribution in [-0.4, -0.2) is 16.7 Å². The summed E-state index contributed by atoms with van der Waals surface area (Å²) in [5, 5.41) is 11.6. The number of aromatic nitrogens is 1. The molecule has 1 aromatic carbocycles. The summed E-state index contributed by atoms with van der Waals surface area (Å²) in [6.07, 6.45) is 3.64. The Morgan fingerprint density at radius 2 is 2.00 bits per heavy atom. The molecule has 2 rings (SSSR count). The van der Waals surface area contributed by atoms with Gasteiger partial charge in [0.25, 0.3) is 0 Å². The van der Waals surface area contributed by atoms with E-state index in [9.17, 15) is 5.11 Å². The molecule has 0 aliphatic rings. The monoisotopic (exact) mass is 201 g/mol. The number of pyridine rings is 1. The maximum absolute atomic E-state index is 9.30. The van der Waals surface area contributed by atoms with Gasteiger partial charge in [-0.3, -0.25) is 4.98 Å². The van der Waals surface area contributed by atoms with Crippen LogP contribution in [0.25, 0.3) is 10.8 Å². The lowest BCUT2D eigenvalue weighted by atomic mass is 9.85. The highest BCUT2D eigenvalue weighted by atomic mass is 16.3. The van der Waals surface area contributed by atoms with Crippen LogP contribution in [0.5, 0.6) is 0 Å². The van der Waals surface area contributed by atoms with Crippen molar-refractivity contribution < 1.29 is 5.11 Å². The molecule has 2 heteroatoms. The van der Waals surface area contributed by atoms with Gasteiger partial charge in [-0.1, -0.05) is 26.0 Å². The number of rotatable bonds is 2. The van der Waals surface area contributed by atoms with E-state index in [4.69, 9.17) is 0 Å². The van der Waals surface area contributed by atoms with Gasteiger partial charge in [0.05, 0.1) is 6.61 Å². The Morgan fingerprint density at radius 1 is 1.20 bits per heavy atom. The molecule has 0 spiro atoms. The first-order valence-corrected chi connectivity index (χ1v) is 5.08. The van der Waals surface area contributed by atoms with Gasteiger partial charge in [-0.2, -0.15) is 0 Å². The summed E-state index contributed by atoms with van der Waals surface area (Å²) in [7, 11) is 0. The van der Waals surface area contributed by atoms with Gasteiger partial charge in [-0.05, 0) is 23.1 Å². The molecule has 0 radical (unpaired) electrons. The van der Waals surface area contributed by atoms with Gasteiger partial charge in [0.2, 0.25) is 0 Å². The van der Waals surface area contributed by atoms with Crippen molar-refractivity contribution >= 4 is 10.8 Å². The fraction of sp³-hybridized carbons (Fsp3) is 0.308. The highest BCUT2D eigenvalue weighted by molar-refractivity contribution is 5.82. The van der Waals surface area contributed by atoms with Crippen LogP contribution in [0, 0.1) is 0 Å². The minimum absolute atomic E-state index is 0.152. The van der Waals surface area contributed by atoms with Gasteiger partial charge in [0.1, 0.15) is 0 Å². The number of hydrogen-bond donors (Lipinski definition) is 1. The predicted octanol–water partition coefficient (Wildman–Crippen LogP) is 2.50. The molecule has 78 valence electrons. The zero-order chi connectivity index (χ0) is 10.9. The van der Waals surface area contributed by atoms with Crippen molar-refractivity contribution in [1.29, 1.82) is 0 Å². The van der Waals surface area contributed by atoms with Gasteiger partial charge in [0, 0.05) is 23.2 Å². The van der Waals surface area contributed by atoms with Gasteiger partial charge in [0.15, 0.2) is 0 Å². The van der Waals surface area contributed by atoms with Crippen LogP contribution >= 0.6 is 0 Å². The summed E-state index contributed by atoms with van der Waals surface area (Å²) in [6, 6.07) is 8.23. The third-order valence-electron chi connectivity index (χ3n) is 2.82. The molecule has 0 aliphatic heterocycles. The first kappa shape index (κ1) is 10.1. The zero-order valence-electron chi connectivity index (χ0n) is 9.07. The standard InChI is InChI=1S/C13H15NO/c1-13(2,9-15)12-4-3-10-5-6-14-8-11(10)7-12/h3-8,15H,9H2,1-2H3. The maximum Gasteiger partial charge on any atom is 0.0522 e. The number of aliphatic hydroxyl groups is 1. The van der Waals surface area contributed by atoms with E-state index >= 15 is 0 Å². The van der Waals surface area contributed by atoms with E-state index in [2.05, 4.69) is 23.2 Å².